The molecule has 7 nitrogen and oxygen atoms in total. The SMILES string of the molecule is CCOC(=O)C[C@@H](Cc1ccc(-c2cc(Cl)ccc2OC)cc1)NC(=O)CCCC(=O)O. The standard InChI is InChI=1S/C24H28ClNO6/c1-3-32-24(30)15-19(26-22(27)5-4-6-23(28)29)13-16-7-9-17(10-8-16)20-14-18(25)11-12-21(20)31-2/h7-12,14,19H,3-6,13,15H2,1-2H3,(H,26,27)(H,28,29)/t19-/m1/s1. The zero-order valence-corrected chi connectivity index (χ0v) is 19.0. The fraction of sp³-hybridized carbons (Fsp3) is 0.375. The molecule has 32 heavy (non-hydrogen) atoms. The van der Waals surface area contributed by atoms with Crippen molar-refractivity contribution in [2.45, 2.75) is 45.1 Å². The summed E-state index contributed by atoms with van der Waals surface area (Å²) >= 11 is 6.13. The second-order valence-corrected chi connectivity index (χ2v) is 7.70. The van der Waals surface area contributed by atoms with E-state index in [1.807, 2.05) is 30.3 Å². The first-order valence-electron chi connectivity index (χ1n) is 10.4. The van der Waals surface area contributed by atoms with Crippen molar-refractivity contribution in [3.8, 4) is 16.9 Å². The lowest BCUT2D eigenvalue weighted by atomic mass is 9.98. The number of nitrogens with one attached hydrogen (secondary N) is 1. The molecule has 1 atom stereocenters. The van der Waals surface area contributed by atoms with Crippen LogP contribution in [0.5, 0.6) is 5.75 Å². The summed E-state index contributed by atoms with van der Waals surface area (Å²) in [5.74, 6) is -0.933. The van der Waals surface area contributed by atoms with Gasteiger partial charge in [0.2, 0.25) is 5.91 Å². The van der Waals surface area contributed by atoms with Crippen molar-refractivity contribution >= 4 is 29.4 Å². The summed E-state index contributed by atoms with van der Waals surface area (Å²) in [6.45, 7) is 1.98. The Morgan fingerprint density at radius 3 is 2.44 bits per heavy atom. The average Bonchev–Trinajstić information content (AvgIpc) is 2.74. The number of aliphatic carboxylic acids is 1. The Morgan fingerprint density at radius 1 is 1.09 bits per heavy atom. The zero-order valence-electron chi connectivity index (χ0n) is 18.2. The smallest absolute Gasteiger partial charge is 0.307 e. The number of halogens is 1. The van der Waals surface area contributed by atoms with Gasteiger partial charge in [0.1, 0.15) is 5.75 Å². The summed E-state index contributed by atoms with van der Waals surface area (Å²) in [5.41, 5.74) is 2.71. The van der Waals surface area contributed by atoms with Gasteiger partial charge in [-0.25, -0.2) is 0 Å². The van der Waals surface area contributed by atoms with Gasteiger partial charge in [0.15, 0.2) is 0 Å². The van der Waals surface area contributed by atoms with Gasteiger partial charge in [-0.05, 0) is 49.1 Å². The molecule has 0 aliphatic heterocycles. The molecule has 2 aromatic rings. The number of rotatable bonds is 12. The van der Waals surface area contributed by atoms with E-state index in [1.165, 1.54) is 0 Å². The third-order valence-corrected chi connectivity index (χ3v) is 5.02. The second-order valence-electron chi connectivity index (χ2n) is 7.27. The molecule has 0 bridgehead atoms. The number of methoxy groups -OCH3 is 1. The molecule has 0 spiro atoms. The molecule has 0 aliphatic carbocycles. The van der Waals surface area contributed by atoms with Crippen LogP contribution < -0.4 is 10.1 Å². The van der Waals surface area contributed by atoms with Gasteiger partial charge < -0.3 is 19.9 Å². The van der Waals surface area contributed by atoms with Crippen LogP contribution >= 0.6 is 11.6 Å². The Bertz CT molecular complexity index is 929. The molecular formula is C24H28ClNO6. The molecule has 0 aromatic heterocycles. The minimum atomic E-state index is -0.947. The number of hydrogen-bond acceptors (Lipinski definition) is 5. The molecule has 0 saturated heterocycles. The number of carbonyl (C=O) groups excluding carboxylic acids is 2. The van der Waals surface area contributed by atoms with Gasteiger partial charge >= 0.3 is 11.9 Å². The maximum atomic E-state index is 12.2. The van der Waals surface area contributed by atoms with Crippen LogP contribution in [0.3, 0.4) is 0 Å². The van der Waals surface area contributed by atoms with Gasteiger partial charge in [-0.2, -0.15) is 0 Å². The summed E-state index contributed by atoms with van der Waals surface area (Å²) in [6, 6.07) is 12.6. The van der Waals surface area contributed by atoms with E-state index < -0.39 is 18.0 Å². The number of hydrogen-bond donors (Lipinski definition) is 2. The molecule has 0 aliphatic rings. The quantitative estimate of drug-likeness (QED) is 0.458. The molecule has 1 amide bonds. The maximum absolute atomic E-state index is 12.2. The first-order valence-corrected chi connectivity index (χ1v) is 10.8. The molecule has 0 heterocycles. The molecular weight excluding hydrogens is 434 g/mol. The normalized spacial score (nSPS) is 11.5. The molecule has 8 heteroatoms. The minimum Gasteiger partial charge on any atom is -0.496 e. The van der Waals surface area contributed by atoms with Crippen LogP contribution in [-0.4, -0.2) is 42.7 Å². The monoisotopic (exact) mass is 461 g/mol. The van der Waals surface area contributed by atoms with Gasteiger partial charge in [-0.3, -0.25) is 14.4 Å². The second kappa shape index (κ2) is 12.7. The predicted molar refractivity (Wildman–Crippen MR) is 122 cm³/mol. The lowest BCUT2D eigenvalue weighted by molar-refractivity contribution is -0.143. The topological polar surface area (TPSA) is 102 Å². The zero-order chi connectivity index (χ0) is 23.5. The molecule has 2 N–H and O–H groups in total. The first kappa shape index (κ1) is 25.2. The highest BCUT2D eigenvalue weighted by molar-refractivity contribution is 6.31. The van der Waals surface area contributed by atoms with E-state index in [9.17, 15) is 14.4 Å². The number of ether oxygens (including phenoxy) is 2. The van der Waals surface area contributed by atoms with Crippen molar-refractivity contribution in [3.05, 3.63) is 53.1 Å². The molecule has 0 radical (unpaired) electrons. The molecule has 0 saturated carbocycles. The maximum Gasteiger partial charge on any atom is 0.307 e. The highest BCUT2D eigenvalue weighted by Crippen LogP contribution is 2.32. The van der Waals surface area contributed by atoms with E-state index in [-0.39, 0.29) is 38.2 Å². The molecule has 172 valence electrons. The van der Waals surface area contributed by atoms with Crippen LogP contribution in [0.15, 0.2) is 42.5 Å². The van der Waals surface area contributed by atoms with E-state index in [0.29, 0.717) is 17.2 Å². The van der Waals surface area contributed by atoms with Crippen molar-refractivity contribution in [1.29, 1.82) is 0 Å². The van der Waals surface area contributed by atoms with E-state index in [2.05, 4.69) is 5.32 Å². The van der Waals surface area contributed by atoms with Gasteiger partial charge in [0.25, 0.3) is 0 Å². The number of carboxylic acid groups (broad SMARTS) is 1. The van der Waals surface area contributed by atoms with Crippen molar-refractivity contribution in [3.63, 3.8) is 0 Å². The Kier molecular flexibility index (Phi) is 10.0. The van der Waals surface area contributed by atoms with Crippen molar-refractivity contribution in [1.82, 2.24) is 5.32 Å². The van der Waals surface area contributed by atoms with Gasteiger partial charge in [0, 0.05) is 29.5 Å². The Morgan fingerprint density at radius 2 is 1.81 bits per heavy atom. The van der Waals surface area contributed by atoms with Crippen molar-refractivity contribution < 1.29 is 29.0 Å². The van der Waals surface area contributed by atoms with Crippen LogP contribution in [0.1, 0.15) is 38.2 Å². The van der Waals surface area contributed by atoms with Crippen LogP contribution in [0.25, 0.3) is 11.1 Å². The molecule has 0 fully saturated rings. The lowest BCUT2D eigenvalue weighted by Gasteiger charge is -2.18. The third-order valence-electron chi connectivity index (χ3n) is 4.79. The Hall–Kier alpha value is -3.06. The van der Waals surface area contributed by atoms with Crippen LogP contribution in [0.4, 0.5) is 0 Å². The Labute approximate surface area is 192 Å². The van der Waals surface area contributed by atoms with E-state index in [1.54, 1.807) is 26.2 Å². The average molecular weight is 462 g/mol. The number of carbonyl (C=O) groups is 3. The summed E-state index contributed by atoms with van der Waals surface area (Å²) in [4.78, 5) is 34.9. The van der Waals surface area contributed by atoms with E-state index >= 15 is 0 Å². The fourth-order valence-corrected chi connectivity index (χ4v) is 3.48. The highest BCUT2D eigenvalue weighted by atomic mass is 35.5. The van der Waals surface area contributed by atoms with Crippen molar-refractivity contribution in [2.24, 2.45) is 0 Å². The van der Waals surface area contributed by atoms with Gasteiger partial charge in [-0.15, -0.1) is 0 Å². The van der Waals surface area contributed by atoms with E-state index in [0.717, 1.165) is 16.7 Å². The largest absolute Gasteiger partial charge is 0.496 e. The molecule has 0 unspecified atom stereocenters. The van der Waals surface area contributed by atoms with Gasteiger partial charge in [0.05, 0.1) is 20.1 Å². The molecule has 2 rings (SSSR count). The number of benzene rings is 2. The minimum absolute atomic E-state index is 0.0301. The van der Waals surface area contributed by atoms with Crippen molar-refractivity contribution in [2.75, 3.05) is 13.7 Å². The molecule has 2 aromatic carbocycles. The number of amides is 1. The summed E-state index contributed by atoms with van der Waals surface area (Å²) in [5, 5.41) is 12.2. The highest BCUT2D eigenvalue weighted by Gasteiger charge is 2.18. The van der Waals surface area contributed by atoms with E-state index in [4.69, 9.17) is 26.2 Å². The lowest BCUT2D eigenvalue weighted by Crippen LogP contribution is -2.38. The Balaban J connectivity index is 2.10. The predicted octanol–water partition coefficient (Wildman–Crippen LogP) is 4.25. The van der Waals surface area contributed by atoms with Crippen LogP contribution in [-0.2, 0) is 25.5 Å². The third kappa shape index (κ3) is 8.23. The summed E-state index contributed by atoms with van der Waals surface area (Å²) in [6.07, 6.45) is 0.700. The summed E-state index contributed by atoms with van der Waals surface area (Å²) in [7, 11) is 1.60. The summed E-state index contributed by atoms with van der Waals surface area (Å²) < 4.78 is 10.4. The number of esters is 1. The van der Waals surface area contributed by atoms with Crippen LogP contribution in [0.2, 0.25) is 5.02 Å². The number of carboxylic acids is 1. The first-order chi connectivity index (χ1) is 15.3. The van der Waals surface area contributed by atoms with Gasteiger partial charge in [-0.1, -0.05) is 35.9 Å². The fourth-order valence-electron chi connectivity index (χ4n) is 3.31. The van der Waals surface area contributed by atoms with Crippen LogP contribution in [0, 0.1) is 0 Å².